The summed E-state index contributed by atoms with van der Waals surface area (Å²) in [5, 5.41) is 6.12. The summed E-state index contributed by atoms with van der Waals surface area (Å²) in [4.78, 5) is 13.8. The fourth-order valence-corrected chi connectivity index (χ4v) is 1.84. The van der Waals surface area contributed by atoms with Gasteiger partial charge in [-0.25, -0.2) is 0 Å². The predicted octanol–water partition coefficient (Wildman–Crippen LogP) is 1.44. The third-order valence-corrected chi connectivity index (χ3v) is 2.84. The van der Waals surface area contributed by atoms with Crippen LogP contribution in [0.3, 0.4) is 0 Å². The van der Waals surface area contributed by atoms with E-state index in [4.69, 9.17) is 0 Å². The second-order valence-corrected chi connectivity index (χ2v) is 5.14. The maximum atomic E-state index is 11.7. The fourth-order valence-electron chi connectivity index (χ4n) is 1.84. The SMILES string of the molecule is CN(C)Cc1cccc(NC(=O)CNC2CC2)c1. The first-order valence-corrected chi connectivity index (χ1v) is 6.40. The summed E-state index contributed by atoms with van der Waals surface area (Å²) in [5.41, 5.74) is 2.07. The highest BCUT2D eigenvalue weighted by Gasteiger charge is 2.21. The number of nitrogens with zero attached hydrogens (tertiary/aromatic N) is 1. The highest BCUT2D eigenvalue weighted by atomic mass is 16.1. The molecule has 1 aromatic rings. The van der Waals surface area contributed by atoms with Crippen LogP contribution in [0.2, 0.25) is 0 Å². The van der Waals surface area contributed by atoms with Crippen molar-refractivity contribution in [2.24, 2.45) is 0 Å². The molecule has 0 spiro atoms. The van der Waals surface area contributed by atoms with Gasteiger partial charge in [-0.2, -0.15) is 0 Å². The number of carbonyl (C=O) groups excluding carboxylic acids is 1. The Hall–Kier alpha value is -1.39. The van der Waals surface area contributed by atoms with Gasteiger partial charge < -0.3 is 15.5 Å². The molecule has 98 valence electrons. The Morgan fingerprint density at radius 3 is 2.83 bits per heavy atom. The number of amides is 1. The Kier molecular flexibility index (Phi) is 4.33. The van der Waals surface area contributed by atoms with Gasteiger partial charge in [0, 0.05) is 18.3 Å². The quantitative estimate of drug-likeness (QED) is 0.799. The molecule has 1 saturated carbocycles. The first-order valence-electron chi connectivity index (χ1n) is 6.40. The molecule has 1 aromatic carbocycles. The molecule has 0 atom stereocenters. The fraction of sp³-hybridized carbons (Fsp3) is 0.500. The van der Waals surface area contributed by atoms with E-state index in [0.29, 0.717) is 12.6 Å². The lowest BCUT2D eigenvalue weighted by atomic mass is 10.2. The first kappa shape index (κ1) is 13.1. The lowest BCUT2D eigenvalue weighted by molar-refractivity contribution is -0.115. The summed E-state index contributed by atoms with van der Waals surface area (Å²) >= 11 is 0. The summed E-state index contributed by atoms with van der Waals surface area (Å²) in [6.07, 6.45) is 2.40. The molecule has 0 aromatic heterocycles. The van der Waals surface area contributed by atoms with Crippen LogP contribution in [0.15, 0.2) is 24.3 Å². The zero-order valence-electron chi connectivity index (χ0n) is 11.1. The van der Waals surface area contributed by atoms with Crippen LogP contribution in [0.25, 0.3) is 0 Å². The minimum Gasteiger partial charge on any atom is -0.325 e. The van der Waals surface area contributed by atoms with Crippen molar-refractivity contribution in [3.8, 4) is 0 Å². The van der Waals surface area contributed by atoms with Crippen LogP contribution in [-0.2, 0) is 11.3 Å². The lowest BCUT2D eigenvalue weighted by Gasteiger charge is -2.11. The van der Waals surface area contributed by atoms with Crippen LogP contribution in [-0.4, -0.2) is 37.5 Å². The Morgan fingerprint density at radius 2 is 2.17 bits per heavy atom. The molecule has 2 rings (SSSR count). The first-order chi connectivity index (χ1) is 8.63. The van der Waals surface area contributed by atoms with Gasteiger partial charge in [0.25, 0.3) is 0 Å². The van der Waals surface area contributed by atoms with E-state index in [1.165, 1.54) is 18.4 Å². The third-order valence-electron chi connectivity index (χ3n) is 2.84. The molecule has 0 saturated heterocycles. The molecule has 0 heterocycles. The Balaban J connectivity index is 1.85. The monoisotopic (exact) mass is 247 g/mol. The standard InChI is InChI=1S/C14H21N3O/c1-17(2)10-11-4-3-5-13(8-11)16-14(18)9-15-12-6-7-12/h3-5,8,12,15H,6-7,9-10H2,1-2H3,(H,16,18). The molecule has 4 heteroatoms. The molecular weight excluding hydrogens is 226 g/mol. The average Bonchev–Trinajstić information content (AvgIpc) is 3.09. The summed E-state index contributed by atoms with van der Waals surface area (Å²) < 4.78 is 0. The summed E-state index contributed by atoms with van der Waals surface area (Å²) in [6, 6.07) is 8.56. The Labute approximate surface area is 108 Å². The van der Waals surface area contributed by atoms with Gasteiger partial charge >= 0.3 is 0 Å². The molecule has 0 unspecified atom stereocenters. The molecule has 1 aliphatic carbocycles. The van der Waals surface area contributed by atoms with Crippen molar-refractivity contribution in [1.82, 2.24) is 10.2 Å². The molecule has 18 heavy (non-hydrogen) atoms. The van der Waals surface area contributed by atoms with E-state index < -0.39 is 0 Å². The lowest BCUT2D eigenvalue weighted by Crippen LogP contribution is -2.29. The van der Waals surface area contributed by atoms with Crippen LogP contribution in [0.4, 0.5) is 5.69 Å². The van der Waals surface area contributed by atoms with E-state index in [0.717, 1.165) is 12.2 Å². The molecule has 0 aliphatic heterocycles. The van der Waals surface area contributed by atoms with Crippen molar-refractivity contribution >= 4 is 11.6 Å². The zero-order chi connectivity index (χ0) is 13.0. The minimum absolute atomic E-state index is 0.0314. The van der Waals surface area contributed by atoms with E-state index in [1.807, 2.05) is 32.3 Å². The van der Waals surface area contributed by atoms with Crippen LogP contribution >= 0.6 is 0 Å². The summed E-state index contributed by atoms with van der Waals surface area (Å²) in [6.45, 7) is 1.28. The third kappa shape index (κ3) is 4.47. The van der Waals surface area contributed by atoms with Crippen molar-refractivity contribution in [2.75, 3.05) is 26.0 Å². The second kappa shape index (κ2) is 5.98. The van der Waals surface area contributed by atoms with E-state index >= 15 is 0 Å². The zero-order valence-corrected chi connectivity index (χ0v) is 11.1. The van der Waals surface area contributed by atoms with E-state index in [-0.39, 0.29) is 5.91 Å². The van der Waals surface area contributed by atoms with Crippen molar-refractivity contribution < 1.29 is 4.79 Å². The van der Waals surface area contributed by atoms with Crippen LogP contribution in [0.5, 0.6) is 0 Å². The molecule has 0 bridgehead atoms. The molecule has 0 radical (unpaired) electrons. The highest BCUT2D eigenvalue weighted by molar-refractivity contribution is 5.92. The van der Waals surface area contributed by atoms with E-state index in [1.54, 1.807) is 0 Å². The number of hydrogen-bond acceptors (Lipinski definition) is 3. The van der Waals surface area contributed by atoms with Gasteiger partial charge in [-0.05, 0) is 44.6 Å². The molecule has 4 nitrogen and oxygen atoms in total. The van der Waals surface area contributed by atoms with Gasteiger partial charge in [0.2, 0.25) is 5.91 Å². The second-order valence-electron chi connectivity index (χ2n) is 5.14. The molecule has 1 aliphatic rings. The number of rotatable bonds is 6. The van der Waals surface area contributed by atoms with Gasteiger partial charge in [-0.1, -0.05) is 12.1 Å². The van der Waals surface area contributed by atoms with Crippen molar-refractivity contribution in [1.29, 1.82) is 0 Å². The van der Waals surface area contributed by atoms with Crippen LogP contribution in [0.1, 0.15) is 18.4 Å². The van der Waals surface area contributed by atoms with Crippen molar-refractivity contribution in [3.63, 3.8) is 0 Å². The van der Waals surface area contributed by atoms with Crippen LogP contribution < -0.4 is 10.6 Å². The van der Waals surface area contributed by atoms with E-state index in [9.17, 15) is 4.79 Å². The van der Waals surface area contributed by atoms with Gasteiger partial charge in [-0.15, -0.1) is 0 Å². The largest absolute Gasteiger partial charge is 0.325 e. The van der Waals surface area contributed by atoms with Crippen LogP contribution in [0, 0.1) is 0 Å². The Morgan fingerprint density at radius 1 is 1.39 bits per heavy atom. The number of carbonyl (C=O) groups is 1. The molecule has 2 N–H and O–H groups in total. The summed E-state index contributed by atoms with van der Waals surface area (Å²) in [7, 11) is 4.07. The smallest absolute Gasteiger partial charge is 0.238 e. The summed E-state index contributed by atoms with van der Waals surface area (Å²) in [5.74, 6) is 0.0314. The molecule has 1 fully saturated rings. The predicted molar refractivity (Wildman–Crippen MR) is 73.5 cm³/mol. The highest BCUT2D eigenvalue weighted by Crippen LogP contribution is 2.18. The maximum Gasteiger partial charge on any atom is 0.238 e. The number of anilines is 1. The number of nitrogens with one attached hydrogen (secondary N) is 2. The van der Waals surface area contributed by atoms with Crippen molar-refractivity contribution in [3.05, 3.63) is 29.8 Å². The topological polar surface area (TPSA) is 44.4 Å². The average molecular weight is 247 g/mol. The van der Waals surface area contributed by atoms with Gasteiger partial charge in [0.15, 0.2) is 0 Å². The minimum atomic E-state index is 0.0314. The van der Waals surface area contributed by atoms with Gasteiger partial charge in [0.1, 0.15) is 0 Å². The maximum absolute atomic E-state index is 11.7. The number of benzene rings is 1. The Bertz CT molecular complexity index is 413. The van der Waals surface area contributed by atoms with Gasteiger partial charge in [-0.3, -0.25) is 4.79 Å². The van der Waals surface area contributed by atoms with Gasteiger partial charge in [0.05, 0.1) is 6.54 Å². The van der Waals surface area contributed by atoms with E-state index in [2.05, 4.69) is 21.6 Å². The molecule has 1 amide bonds. The van der Waals surface area contributed by atoms with Crippen molar-refractivity contribution in [2.45, 2.75) is 25.4 Å². The molecular formula is C14H21N3O. The normalized spacial score (nSPS) is 14.8. The number of hydrogen-bond donors (Lipinski definition) is 2.